The standard InChI is InChI=1S/C49H73N3O10/c1-11-23-51-30-32(2)29-49(7,58-10)43(62-45-41(40(50(8)9)25-33(3)60-45)61-44(54)37-20-16-13-17-21-37)34(4)42(53)48(5,6)46(55)59-31-39(51)28-36-22-24-52(47(56)57)38(27-36)26-35-18-14-12-15-19-35/h12-21,32-34,36,38-41,43,45H,11,22-31H2,1-10H3,(H,56,57)/t32-,33-,34+,36?,38?,39-,40+,41-,43-,45+,49-/m1/s1. The first-order valence-electron chi connectivity index (χ1n) is 22.7. The lowest BCUT2D eigenvalue weighted by Gasteiger charge is -2.48. The number of Topliss-reactive ketones (excluding diaryl/α,β-unsaturated/α-hetero) is 1. The van der Waals surface area contributed by atoms with Crippen molar-refractivity contribution in [1.82, 2.24) is 14.7 Å². The van der Waals surface area contributed by atoms with Gasteiger partial charge in [0.25, 0.3) is 0 Å². The molecule has 1 amide bonds. The van der Waals surface area contributed by atoms with E-state index < -0.39 is 53.5 Å². The summed E-state index contributed by atoms with van der Waals surface area (Å²) in [6, 6.07) is 18.2. The third kappa shape index (κ3) is 12.0. The van der Waals surface area contributed by atoms with Crippen molar-refractivity contribution in [3.05, 3.63) is 71.8 Å². The van der Waals surface area contributed by atoms with Crippen molar-refractivity contribution in [3.8, 4) is 0 Å². The highest BCUT2D eigenvalue weighted by atomic mass is 16.7. The molecule has 0 saturated carbocycles. The highest BCUT2D eigenvalue weighted by molar-refractivity contribution is 6.04. The second-order valence-electron chi connectivity index (χ2n) is 19.2. The van der Waals surface area contributed by atoms with Gasteiger partial charge in [-0.2, -0.15) is 0 Å². The van der Waals surface area contributed by atoms with Gasteiger partial charge in [0.1, 0.15) is 12.0 Å². The van der Waals surface area contributed by atoms with E-state index in [1.54, 1.807) is 57.0 Å². The maximum atomic E-state index is 14.8. The summed E-state index contributed by atoms with van der Waals surface area (Å²) in [6.07, 6.45) is 0.680. The molecular weight excluding hydrogens is 791 g/mol. The number of hydrogen-bond donors (Lipinski definition) is 1. The van der Waals surface area contributed by atoms with E-state index in [9.17, 15) is 24.3 Å². The molecule has 62 heavy (non-hydrogen) atoms. The fourth-order valence-corrected chi connectivity index (χ4v) is 10.2. The van der Waals surface area contributed by atoms with Gasteiger partial charge in [-0.05, 0) is 123 Å². The fourth-order valence-electron chi connectivity index (χ4n) is 10.2. The Morgan fingerprint density at radius 1 is 0.952 bits per heavy atom. The Balaban J connectivity index is 1.46. The van der Waals surface area contributed by atoms with Crippen LogP contribution in [-0.4, -0.2) is 139 Å². The van der Waals surface area contributed by atoms with Crippen LogP contribution in [-0.2, 0) is 39.7 Å². The van der Waals surface area contributed by atoms with Crippen molar-refractivity contribution in [2.45, 2.75) is 142 Å². The summed E-state index contributed by atoms with van der Waals surface area (Å²) in [4.78, 5) is 61.0. The number of carbonyl (C=O) groups excluding carboxylic acids is 3. The quantitative estimate of drug-likeness (QED) is 0.168. The predicted octanol–water partition coefficient (Wildman–Crippen LogP) is 7.35. The van der Waals surface area contributed by atoms with E-state index in [1.807, 2.05) is 69.2 Å². The molecule has 3 heterocycles. The summed E-state index contributed by atoms with van der Waals surface area (Å²) in [5.74, 6) is -2.14. The zero-order valence-corrected chi connectivity index (χ0v) is 38.8. The summed E-state index contributed by atoms with van der Waals surface area (Å²) in [7, 11) is 5.49. The number of benzene rings is 2. The summed E-state index contributed by atoms with van der Waals surface area (Å²) in [5.41, 5.74) is -1.11. The number of nitrogens with zero attached hydrogens (tertiary/aromatic N) is 3. The van der Waals surface area contributed by atoms with Crippen LogP contribution in [0.2, 0.25) is 0 Å². The summed E-state index contributed by atoms with van der Waals surface area (Å²) in [5, 5.41) is 10.1. The van der Waals surface area contributed by atoms with E-state index in [1.165, 1.54) is 0 Å². The van der Waals surface area contributed by atoms with Crippen molar-refractivity contribution in [2.24, 2.45) is 23.2 Å². The molecule has 13 heteroatoms. The van der Waals surface area contributed by atoms with E-state index in [4.69, 9.17) is 23.7 Å². The summed E-state index contributed by atoms with van der Waals surface area (Å²) < 4.78 is 32.4. The number of hydrogen-bond acceptors (Lipinski definition) is 11. The maximum Gasteiger partial charge on any atom is 0.407 e. The lowest BCUT2D eigenvalue weighted by atomic mass is 9.74. The number of ketones is 1. The van der Waals surface area contributed by atoms with Crippen LogP contribution < -0.4 is 0 Å². The van der Waals surface area contributed by atoms with Crippen LogP contribution in [0.3, 0.4) is 0 Å². The van der Waals surface area contributed by atoms with Crippen LogP contribution in [0.5, 0.6) is 0 Å². The molecule has 2 unspecified atom stereocenters. The number of cyclic esters (lactones) is 1. The third-order valence-corrected chi connectivity index (χ3v) is 13.6. The van der Waals surface area contributed by atoms with E-state index in [-0.39, 0.29) is 48.5 Å². The summed E-state index contributed by atoms with van der Waals surface area (Å²) >= 11 is 0. The predicted molar refractivity (Wildman–Crippen MR) is 237 cm³/mol. The second kappa shape index (κ2) is 21.7. The van der Waals surface area contributed by atoms with Crippen molar-refractivity contribution in [1.29, 1.82) is 0 Å². The smallest absolute Gasteiger partial charge is 0.407 e. The largest absolute Gasteiger partial charge is 0.465 e. The molecule has 0 bridgehead atoms. The number of likely N-dealkylation sites (tertiary alicyclic amines) is 1. The first-order chi connectivity index (χ1) is 29.4. The van der Waals surface area contributed by atoms with Crippen LogP contribution in [0, 0.1) is 23.2 Å². The van der Waals surface area contributed by atoms with Crippen LogP contribution >= 0.6 is 0 Å². The van der Waals surface area contributed by atoms with Gasteiger partial charge in [-0.15, -0.1) is 0 Å². The minimum atomic E-state index is -1.55. The SMILES string of the molecule is CCCN1C[C@H](C)C[C@@](C)(OC)[C@H](O[C@@H]2O[C@H](C)C[C@H](N(C)C)[C@H]2OC(=O)c2ccccc2)[C@@H](C)C(=O)C(C)(C)C(=O)OC[C@H]1CC1CCN(C(=O)O)C(Cc2ccccc2)C1. The molecule has 1 N–H and O–H groups in total. The molecule has 3 fully saturated rings. The van der Waals surface area contributed by atoms with Crippen LogP contribution in [0.1, 0.15) is 103 Å². The summed E-state index contributed by atoms with van der Waals surface area (Å²) in [6.45, 7) is 15.2. The Kier molecular flexibility index (Phi) is 17.2. The number of piperidine rings is 1. The Hall–Kier alpha value is -3.88. The van der Waals surface area contributed by atoms with E-state index >= 15 is 0 Å². The molecule has 0 spiro atoms. The van der Waals surface area contributed by atoms with Gasteiger partial charge in [-0.1, -0.05) is 69.3 Å². The van der Waals surface area contributed by atoms with Crippen molar-refractivity contribution in [3.63, 3.8) is 0 Å². The van der Waals surface area contributed by atoms with Gasteiger partial charge < -0.3 is 38.6 Å². The van der Waals surface area contributed by atoms with Gasteiger partial charge in [0, 0.05) is 38.2 Å². The number of methoxy groups -OCH3 is 1. The van der Waals surface area contributed by atoms with Gasteiger partial charge in [-0.3, -0.25) is 14.5 Å². The molecule has 2 aromatic rings. The molecule has 3 aliphatic rings. The number of rotatable bonds is 12. The van der Waals surface area contributed by atoms with E-state index in [2.05, 4.69) is 18.7 Å². The normalized spacial score (nSPS) is 32.9. The second-order valence-corrected chi connectivity index (χ2v) is 19.2. The molecule has 5 rings (SSSR count). The van der Waals surface area contributed by atoms with Crippen LogP contribution in [0.4, 0.5) is 4.79 Å². The first kappa shape index (κ1) is 49.1. The van der Waals surface area contributed by atoms with E-state index in [0.29, 0.717) is 57.2 Å². The lowest BCUT2D eigenvalue weighted by Crippen LogP contribution is -2.60. The molecular formula is C49H73N3O10. The zero-order valence-electron chi connectivity index (χ0n) is 38.8. The number of carboxylic acid groups (broad SMARTS) is 1. The first-order valence-corrected chi connectivity index (χ1v) is 22.7. The van der Waals surface area contributed by atoms with E-state index in [0.717, 1.165) is 18.5 Å². The number of ether oxygens (including phenoxy) is 5. The number of carbonyl (C=O) groups is 4. The monoisotopic (exact) mass is 864 g/mol. The van der Waals surface area contributed by atoms with Crippen molar-refractivity contribution in [2.75, 3.05) is 47.4 Å². The molecule has 13 nitrogen and oxygen atoms in total. The molecule has 3 aliphatic heterocycles. The highest BCUT2D eigenvalue weighted by Gasteiger charge is 2.52. The molecule has 0 radical (unpaired) electrons. The number of esters is 2. The Bertz CT molecular complexity index is 1780. The van der Waals surface area contributed by atoms with Gasteiger partial charge in [0.15, 0.2) is 18.2 Å². The fraction of sp³-hybridized carbons (Fsp3) is 0.673. The highest BCUT2D eigenvalue weighted by Crippen LogP contribution is 2.40. The molecule has 344 valence electrons. The molecule has 0 aliphatic carbocycles. The minimum Gasteiger partial charge on any atom is -0.465 e. The van der Waals surface area contributed by atoms with Gasteiger partial charge in [0.05, 0.1) is 29.4 Å². The zero-order chi connectivity index (χ0) is 45.4. The Morgan fingerprint density at radius 3 is 2.23 bits per heavy atom. The molecule has 2 aromatic carbocycles. The molecule has 3 saturated heterocycles. The van der Waals surface area contributed by atoms with Gasteiger partial charge in [0.2, 0.25) is 0 Å². The van der Waals surface area contributed by atoms with Crippen LogP contribution in [0.25, 0.3) is 0 Å². The molecule has 11 atom stereocenters. The topological polar surface area (TPSA) is 144 Å². The Labute approximate surface area is 369 Å². The van der Waals surface area contributed by atoms with Crippen molar-refractivity contribution < 1.29 is 48.0 Å². The van der Waals surface area contributed by atoms with Crippen molar-refractivity contribution >= 4 is 23.8 Å². The average Bonchev–Trinajstić information content (AvgIpc) is 3.24. The Morgan fingerprint density at radius 2 is 1.61 bits per heavy atom. The molecule has 0 aromatic heterocycles. The maximum absolute atomic E-state index is 14.8. The van der Waals surface area contributed by atoms with Gasteiger partial charge >= 0.3 is 18.0 Å². The number of amides is 1. The average molecular weight is 864 g/mol. The van der Waals surface area contributed by atoms with Gasteiger partial charge in [-0.25, -0.2) is 9.59 Å². The number of likely N-dealkylation sites (N-methyl/N-ethyl adjacent to an activating group) is 1. The lowest BCUT2D eigenvalue weighted by molar-refractivity contribution is -0.295. The van der Waals surface area contributed by atoms with Crippen LogP contribution in [0.15, 0.2) is 60.7 Å². The third-order valence-electron chi connectivity index (χ3n) is 13.6. The minimum absolute atomic E-state index is 0.0268.